The summed E-state index contributed by atoms with van der Waals surface area (Å²) in [4.78, 5) is 12.5. The van der Waals surface area contributed by atoms with Crippen LogP contribution in [0.2, 0.25) is 44.8 Å². The van der Waals surface area contributed by atoms with Crippen molar-refractivity contribution in [3.8, 4) is 33.8 Å². The zero-order valence-corrected chi connectivity index (χ0v) is 72.4. The number of nitrogens with one attached hydrogen (secondary N) is 2. The minimum absolute atomic E-state index is 0. The summed E-state index contributed by atoms with van der Waals surface area (Å²) in [7, 11) is 5.26. The Labute approximate surface area is 645 Å². The first kappa shape index (κ1) is 84.0. The van der Waals surface area contributed by atoms with Crippen LogP contribution in [-0.4, -0.2) is 79.6 Å². The van der Waals surface area contributed by atoms with Gasteiger partial charge in [-0.2, -0.15) is 0 Å². The topological polar surface area (TPSA) is 68.0 Å². The summed E-state index contributed by atoms with van der Waals surface area (Å²) >= 11 is 0. The number of hydrogen-bond acceptors (Lipinski definition) is 2. The van der Waals surface area contributed by atoms with Gasteiger partial charge in [-0.3, -0.25) is 4.90 Å². The molecular weight excluding hydrogens is 1310 g/mol. The van der Waals surface area contributed by atoms with E-state index in [0.29, 0.717) is 11.1 Å². The number of nitrogens with zero attached hydrogens (tertiary/aromatic N) is 5. The van der Waals surface area contributed by atoms with Crippen LogP contribution in [0.25, 0.3) is 77.2 Å². The van der Waals surface area contributed by atoms with Gasteiger partial charge in [-0.1, -0.05) is 228 Å². The third-order valence-corrected chi connectivity index (χ3v) is 32.0. The summed E-state index contributed by atoms with van der Waals surface area (Å²) in [5.74, 6) is 4.81. The average molecular weight is 1430 g/mol. The first-order valence-corrected chi connectivity index (χ1v) is 45.6. The quantitative estimate of drug-likeness (QED) is 0.138. The molecule has 0 amide bonds. The van der Waals surface area contributed by atoms with Crippen LogP contribution in [-0.2, 0) is 49.3 Å². The summed E-state index contributed by atoms with van der Waals surface area (Å²) in [5.41, 5.74) is 34.7. The van der Waals surface area contributed by atoms with E-state index in [-0.39, 0.29) is 79.5 Å². The van der Waals surface area contributed by atoms with E-state index >= 15 is 0 Å². The average Bonchev–Trinajstić information content (AvgIpc) is 1.57. The van der Waals surface area contributed by atoms with Crippen molar-refractivity contribution in [2.24, 2.45) is 50.7 Å². The van der Waals surface area contributed by atoms with Crippen molar-refractivity contribution in [1.29, 1.82) is 0 Å². The van der Waals surface area contributed by atoms with E-state index in [9.17, 15) is 0 Å². The standard InChI is InChI=1S/C23H43N2Si.C23H30N2Si.C19H20NSi.C17H15N.C4H10N.3CH3.Li.Ti/c2*1-15-12-13-19-18(14-15)20-21(25(19)5)16-10-8-9-11-17(16)22(20)26(6,7)24-23(2,3)4;1-12-9-10-16-15(11-12)17-18(20(16)2)13-7-5-6-8-14(13)19(17)21(3)4;1-11-7-8-16-14(9-11)15-10-12-5-3-4-6-13(12)17(15)18(16)2;1-4(2,3)5;;;;;/h15-22H,8-14H2,1-7H3;8-14,22,24H,1-7H3;5-11,19H,1-4H3;3-9H,10H2,1-2H3;5H,1-3H3;3*1H3;;/q-1;;;;4*-1;+1;+4. The maximum Gasteiger partial charge on any atom is 4.00 e. The summed E-state index contributed by atoms with van der Waals surface area (Å²) in [6.45, 7) is 43.6. The molecule has 7 nitrogen and oxygen atoms in total. The molecule has 7 aliphatic rings. The van der Waals surface area contributed by atoms with Gasteiger partial charge in [-0.05, 0) is 174 Å². The number of hydrogen-bond donors (Lipinski definition) is 1. The summed E-state index contributed by atoms with van der Waals surface area (Å²) in [6, 6.07) is 49.1. The smallest absolute Gasteiger partial charge is 0.673 e. The maximum atomic E-state index is 6.94. The predicted molar refractivity (Wildman–Crippen MR) is 442 cm³/mol. The predicted octanol–water partition coefficient (Wildman–Crippen LogP) is 21.2. The minimum Gasteiger partial charge on any atom is -0.673 e. The third kappa shape index (κ3) is 16.2. The Hall–Kier alpha value is -4.26. The molecule has 0 bridgehead atoms. The van der Waals surface area contributed by atoms with Crippen LogP contribution in [0.15, 0.2) is 127 Å². The van der Waals surface area contributed by atoms with Gasteiger partial charge in [-0.25, -0.2) is 0 Å². The fraction of sp³-hybridized carbons (Fsp3) is 0.494. The second-order valence-corrected chi connectivity index (χ2v) is 46.5. The van der Waals surface area contributed by atoms with E-state index in [2.05, 4.69) is 288 Å². The molecule has 3 aromatic heterocycles. The Kier molecular flexibility index (Phi) is 26.3. The summed E-state index contributed by atoms with van der Waals surface area (Å²) < 4.78 is 7.15. The molecule has 0 spiro atoms. The molecule has 10 atom stereocenters. The van der Waals surface area contributed by atoms with Crippen LogP contribution >= 0.6 is 0 Å². The number of aromatic nitrogens is 3. The Morgan fingerprint density at radius 3 is 1.54 bits per heavy atom. The molecule has 1 radical (unpaired) electrons. The van der Waals surface area contributed by atoms with Gasteiger partial charge in [0, 0.05) is 106 Å². The minimum atomic E-state index is -1.79. The van der Waals surface area contributed by atoms with Crippen LogP contribution in [0.3, 0.4) is 0 Å². The molecule has 10 unspecified atom stereocenters. The number of aryl methyl sites for hydroxylation is 6. The normalized spacial score (nSPS) is 22.7. The maximum absolute atomic E-state index is 6.94. The van der Waals surface area contributed by atoms with Crippen molar-refractivity contribution < 1.29 is 40.6 Å². The van der Waals surface area contributed by atoms with E-state index < -0.39 is 25.3 Å². The van der Waals surface area contributed by atoms with Gasteiger partial charge in [0.1, 0.15) is 8.24 Å². The van der Waals surface area contributed by atoms with E-state index in [1.54, 1.807) is 16.7 Å². The SMILES string of the molecule is CC(C)(C)[NH-].CC1CCC2C(C1)C1C(C3CCCCC3C1[Si](C)(C)[N-]C(C)(C)C)N2C.Cc1ccc2c(c1)c1c(n2C)-c2ccccc2C1.Cc1ccc2c(c1)c1c(n2C)-c2ccccc2C1[Si](C)(C)NC(C)(C)C.Cc1ccc2c(c1)c1c(n2C)-c2ccccc2C1[Si](C)C.[CH3-].[CH3-].[CH3-].[Li+].[Ti+4]. The first-order chi connectivity index (χ1) is 45.0. The summed E-state index contributed by atoms with van der Waals surface area (Å²) in [5, 5.41) is 4.31. The van der Waals surface area contributed by atoms with E-state index in [1.165, 1.54) is 145 Å². The molecule has 6 aliphatic carbocycles. The van der Waals surface area contributed by atoms with Gasteiger partial charge < -0.3 is 51.7 Å². The molecule has 1 saturated heterocycles. The molecule has 4 fully saturated rings. The fourth-order valence-corrected chi connectivity index (χ4v) is 31.3. The molecule has 9 aromatic rings. The Balaban J connectivity index is 0.000000183. The molecule has 4 heterocycles. The monoisotopic (exact) mass is 1430 g/mol. The molecule has 535 valence electrons. The van der Waals surface area contributed by atoms with Crippen molar-refractivity contribution in [2.45, 2.75) is 226 Å². The molecule has 12 heteroatoms. The number of benzene rings is 6. The van der Waals surface area contributed by atoms with Crippen LogP contribution in [0.4, 0.5) is 0 Å². The second kappa shape index (κ2) is 31.7. The van der Waals surface area contributed by atoms with Crippen molar-refractivity contribution in [2.75, 3.05) is 7.05 Å². The van der Waals surface area contributed by atoms with Crippen LogP contribution in [0.1, 0.15) is 175 Å². The summed E-state index contributed by atoms with van der Waals surface area (Å²) in [6.07, 6.45) is 11.4. The van der Waals surface area contributed by atoms with Crippen molar-refractivity contribution in [1.82, 2.24) is 23.6 Å². The van der Waals surface area contributed by atoms with Gasteiger partial charge in [0.2, 0.25) is 0 Å². The third-order valence-electron chi connectivity index (χ3n) is 23.2. The zero-order chi connectivity index (χ0) is 69.2. The van der Waals surface area contributed by atoms with E-state index in [1.807, 2.05) is 20.8 Å². The van der Waals surface area contributed by atoms with E-state index in [4.69, 9.17) is 10.7 Å². The van der Waals surface area contributed by atoms with Gasteiger partial charge in [0.15, 0.2) is 0 Å². The van der Waals surface area contributed by atoms with Gasteiger partial charge in [0.25, 0.3) is 0 Å². The number of rotatable bonds is 5. The van der Waals surface area contributed by atoms with Crippen molar-refractivity contribution in [3.05, 3.63) is 210 Å². The van der Waals surface area contributed by atoms with Crippen molar-refractivity contribution in [3.63, 3.8) is 0 Å². The number of likely N-dealkylation sites (tertiary alicyclic amines) is 1. The molecule has 6 aromatic carbocycles. The molecule has 16 rings (SSSR count). The fourth-order valence-electron chi connectivity index (χ4n) is 20.7. The molecule has 3 saturated carbocycles. The second-order valence-electron chi connectivity index (χ2n) is 35.3. The largest absolute Gasteiger partial charge is 4.00 e. The van der Waals surface area contributed by atoms with Crippen molar-refractivity contribution >= 4 is 58.0 Å². The Morgan fingerprint density at radius 2 is 1.01 bits per heavy atom. The zero-order valence-electron chi connectivity index (χ0n) is 67.8. The first-order valence-electron chi connectivity index (χ1n) is 36.9. The molecule has 101 heavy (non-hydrogen) atoms. The number of fused-ring (bicyclic) bond motifs is 20. The Bertz CT molecular complexity index is 4350. The van der Waals surface area contributed by atoms with Gasteiger partial charge in [-0.15, -0.1) is 11.1 Å². The van der Waals surface area contributed by atoms with Crippen LogP contribution in [0, 0.1) is 72.6 Å². The van der Waals surface area contributed by atoms with Gasteiger partial charge >= 0.3 is 40.6 Å². The van der Waals surface area contributed by atoms with Crippen LogP contribution in [0.5, 0.6) is 0 Å². The molecule has 1 aliphatic heterocycles. The molecule has 2 N–H and O–H groups in total. The van der Waals surface area contributed by atoms with Gasteiger partial charge in [0.05, 0.1) is 25.9 Å². The van der Waals surface area contributed by atoms with E-state index in [0.717, 1.165) is 53.6 Å². The Morgan fingerprint density at radius 1 is 0.554 bits per heavy atom. The van der Waals surface area contributed by atoms with Crippen LogP contribution < -0.4 is 23.8 Å². The molecular formula is C89H127LiN7Si3Ti.